The molecule has 0 aliphatic carbocycles. The number of fused-ring (bicyclic) bond motifs is 1. The quantitative estimate of drug-likeness (QED) is 0.889. The first-order valence-corrected chi connectivity index (χ1v) is 6.67. The third kappa shape index (κ3) is 2.51. The molecule has 5 heteroatoms. The molecule has 19 heavy (non-hydrogen) atoms. The van der Waals surface area contributed by atoms with E-state index in [1.165, 1.54) is 11.3 Å². The van der Waals surface area contributed by atoms with Gasteiger partial charge in [0.25, 0.3) is 0 Å². The molecule has 0 radical (unpaired) electrons. The van der Waals surface area contributed by atoms with Crippen LogP contribution in [0.2, 0.25) is 0 Å². The van der Waals surface area contributed by atoms with Crippen molar-refractivity contribution in [2.75, 3.05) is 6.54 Å². The summed E-state index contributed by atoms with van der Waals surface area (Å²) in [7, 11) is 0. The Bertz CT molecular complexity index is 582. The Balaban J connectivity index is 1.73. The lowest BCUT2D eigenvalue weighted by Gasteiger charge is -2.27. The number of hydrogen-bond donors (Lipinski definition) is 1. The normalized spacial score (nSPS) is 15.5. The second-order valence-electron chi connectivity index (χ2n) is 5.24. The van der Waals surface area contributed by atoms with Crippen molar-refractivity contribution in [3.8, 4) is 0 Å². The molecule has 0 spiro atoms. The van der Waals surface area contributed by atoms with Crippen LogP contribution in [0.1, 0.15) is 34.3 Å². The highest BCUT2D eigenvalue weighted by Crippen LogP contribution is 2.18. The van der Waals surface area contributed by atoms with Gasteiger partial charge in [0.1, 0.15) is 11.6 Å². The Hall–Kier alpha value is -1.75. The van der Waals surface area contributed by atoms with Crippen LogP contribution in [0, 0.1) is 20.8 Å². The average Bonchev–Trinajstić information content (AvgIpc) is 2.68. The molecule has 1 aliphatic rings. The van der Waals surface area contributed by atoms with Crippen LogP contribution in [0.5, 0.6) is 0 Å². The first-order valence-electron chi connectivity index (χ1n) is 6.67. The molecule has 1 aliphatic heterocycles. The summed E-state index contributed by atoms with van der Waals surface area (Å²) in [5, 5.41) is 0. The van der Waals surface area contributed by atoms with Crippen molar-refractivity contribution in [1.29, 1.82) is 0 Å². The molecule has 3 heterocycles. The van der Waals surface area contributed by atoms with Crippen LogP contribution in [-0.4, -0.2) is 31.4 Å². The minimum atomic E-state index is 0.863. The maximum Gasteiger partial charge on any atom is 0.125 e. The second kappa shape index (κ2) is 4.74. The highest BCUT2D eigenvalue weighted by atomic mass is 15.2. The number of nitrogens with one attached hydrogen (secondary N) is 1. The Morgan fingerprint density at radius 3 is 2.84 bits per heavy atom. The van der Waals surface area contributed by atoms with E-state index in [1.807, 2.05) is 20.0 Å². The number of imidazole rings is 1. The van der Waals surface area contributed by atoms with E-state index >= 15 is 0 Å². The van der Waals surface area contributed by atoms with E-state index in [0.717, 1.165) is 49.1 Å². The topological polar surface area (TPSA) is 57.7 Å². The largest absolute Gasteiger partial charge is 0.345 e. The van der Waals surface area contributed by atoms with Crippen LogP contribution in [0.15, 0.2) is 6.20 Å². The number of nitrogens with zero attached hydrogens (tertiary/aromatic N) is 4. The summed E-state index contributed by atoms with van der Waals surface area (Å²) >= 11 is 0. The Morgan fingerprint density at radius 1 is 1.26 bits per heavy atom. The molecule has 0 fully saturated rings. The van der Waals surface area contributed by atoms with Gasteiger partial charge in [0.15, 0.2) is 0 Å². The number of aromatic nitrogens is 4. The van der Waals surface area contributed by atoms with Gasteiger partial charge in [-0.25, -0.2) is 15.0 Å². The summed E-state index contributed by atoms with van der Waals surface area (Å²) in [6, 6.07) is 0. The van der Waals surface area contributed by atoms with E-state index in [2.05, 4.69) is 31.8 Å². The van der Waals surface area contributed by atoms with Crippen molar-refractivity contribution >= 4 is 0 Å². The van der Waals surface area contributed by atoms with E-state index in [1.54, 1.807) is 0 Å². The van der Waals surface area contributed by atoms with Crippen molar-refractivity contribution < 1.29 is 0 Å². The summed E-state index contributed by atoms with van der Waals surface area (Å²) in [4.78, 5) is 19.1. The predicted molar refractivity (Wildman–Crippen MR) is 72.6 cm³/mol. The summed E-state index contributed by atoms with van der Waals surface area (Å²) in [6.45, 7) is 8.85. The van der Waals surface area contributed by atoms with Crippen molar-refractivity contribution in [1.82, 2.24) is 24.8 Å². The number of aromatic amines is 1. The Kier molecular flexibility index (Phi) is 3.06. The second-order valence-corrected chi connectivity index (χ2v) is 5.24. The smallest absolute Gasteiger partial charge is 0.125 e. The van der Waals surface area contributed by atoms with Gasteiger partial charge in [-0.15, -0.1) is 0 Å². The SMILES string of the molecule is Cc1ncc2c(n1)CCN(Cc1nc(C)c(C)[nH]1)C2. The van der Waals surface area contributed by atoms with Gasteiger partial charge in [-0.1, -0.05) is 0 Å². The number of H-pyrrole nitrogens is 1. The first kappa shape index (κ1) is 12.3. The van der Waals surface area contributed by atoms with Crippen LogP contribution in [0.25, 0.3) is 0 Å². The molecule has 0 bridgehead atoms. The first-order chi connectivity index (χ1) is 9.11. The van der Waals surface area contributed by atoms with Crippen LogP contribution in [-0.2, 0) is 19.5 Å². The molecule has 3 rings (SSSR count). The summed E-state index contributed by atoms with van der Waals surface area (Å²) in [6.07, 6.45) is 2.96. The number of rotatable bonds is 2. The third-order valence-electron chi connectivity index (χ3n) is 3.68. The van der Waals surface area contributed by atoms with E-state index in [-0.39, 0.29) is 0 Å². The van der Waals surface area contributed by atoms with Crippen molar-refractivity contribution in [2.45, 2.75) is 40.3 Å². The molecule has 2 aromatic rings. The van der Waals surface area contributed by atoms with Crippen molar-refractivity contribution in [3.05, 3.63) is 40.5 Å². The number of hydrogen-bond acceptors (Lipinski definition) is 4. The zero-order valence-electron chi connectivity index (χ0n) is 11.7. The molecule has 0 saturated heterocycles. The molecule has 0 aromatic carbocycles. The van der Waals surface area contributed by atoms with Crippen LogP contribution in [0.4, 0.5) is 0 Å². The van der Waals surface area contributed by atoms with Crippen LogP contribution >= 0.6 is 0 Å². The Labute approximate surface area is 113 Å². The molecule has 0 amide bonds. The van der Waals surface area contributed by atoms with E-state index in [4.69, 9.17) is 0 Å². The molecular weight excluding hydrogens is 238 g/mol. The maximum atomic E-state index is 4.55. The summed E-state index contributed by atoms with van der Waals surface area (Å²) in [5.74, 6) is 1.91. The molecule has 2 aromatic heterocycles. The molecule has 0 atom stereocenters. The van der Waals surface area contributed by atoms with Crippen LogP contribution in [0.3, 0.4) is 0 Å². The zero-order valence-corrected chi connectivity index (χ0v) is 11.7. The highest BCUT2D eigenvalue weighted by Gasteiger charge is 2.19. The van der Waals surface area contributed by atoms with Gasteiger partial charge >= 0.3 is 0 Å². The van der Waals surface area contributed by atoms with Gasteiger partial charge in [0, 0.05) is 42.7 Å². The van der Waals surface area contributed by atoms with Gasteiger partial charge in [0.2, 0.25) is 0 Å². The summed E-state index contributed by atoms with van der Waals surface area (Å²) < 4.78 is 0. The molecule has 0 unspecified atom stereocenters. The van der Waals surface area contributed by atoms with Gasteiger partial charge in [0.05, 0.1) is 12.2 Å². The van der Waals surface area contributed by atoms with Crippen molar-refractivity contribution in [3.63, 3.8) is 0 Å². The minimum absolute atomic E-state index is 0.863. The number of aryl methyl sites for hydroxylation is 3. The molecule has 1 N–H and O–H groups in total. The Morgan fingerprint density at radius 2 is 2.11 bits per heavy atom. The zero-order chi connectivity index (χ0) is 13.4. The fourth-order valence-electron chi connectivity index (χ4n) is 2.52. The lowest BCUT2D eigenvalue weighted by molar-refractivity contribution is 0.237. The molecule has 5 nitrogen and oxygen atoms in total. The summed E-state index contributed by atoms with van der Waals surface area (Å²) in [5.41, 5.74) is 4.70. The fourth-order valence-corrected chi connectivity index (χ4v) is 2.52. The molecule has 100 valence electrons. The van der Waals surface area contributed by atoms with Gasteiger partial charge in [-0.05, 0) is 20.8 Å². The molecular formula is C14H19N5. The van der Waals surface area contributed by atoms with E-state index < -0.39 is 0 Å². The third-order valence-corrected chi connectivity index (χ3v) is 3.68. The standard InChI is InChI=1S/C14H19N5/c1-9-10(2)17-14(16-9)8-19-5-4-13-12(7-19)6-15-11(3)18-13/h6H,4-5,7-8H2,1-3H3,(H,16,17). The van der Waals surface area contributed by atoms with Gasteiger partial charge in [-0.3, -0.25) is 4.90 Å². The van der Waals surface area contributed by atoms with E-state index in [0.29, 0.717) is 0 Å². The van der Waals surface area contributed by atoms with Gasteiger partial charge in [-0.2, -0.15) is 0 Å². The highest BCUT2D eigenvalue weighted by molar-refractivity contribution is 5.20. The van der Waals surface area contributed by atoms with Crippen molar-refractivity contribution in [2.24, 2.45) is 0 Å². The lowest BCUT2D eigenvalue weighted by atomic mass is 10.1. The maximum absolute atomic E-state index is 4.55. The monoisotopic (exact) mass is 257 g/mol. The molecule has 0 saturated carbocycles. The average molecular weight is 257 g/mol. The van der Waals surface area contributed by atoms with E-state index in [9.17, 15) is 0 Å². The predicted octanol–water partition coefficient (Wildman–Crippen LogP) is 1.68. The lowest BCUT2D eigenvalue weighted by Crippen LogP contribution is -2.31. The minimum Gasteiger partial charge on any atom is -0.345 e. The van der Waals surface area contributed by atoms with Gasteiger partial charge < -0.3 is 4.98 Å². The fraction of sp³-hybridized carbons (Fsp3) is 0.500. The van der Waals surface area contributed by atoms with Crippen LogP contribution < -0.4 is 0 Å².